The van der Waals surface area contributed by atoms with Crippen molar-refractivity contribution in [2.75, 3.05) is 13.2 Å². The van der Waals surface area contributed by atoms with E-state index in [0.29, 0.717) is 6.42 Å². The molecule has 5 saturated carbocycles. The molecular formula is C47H74O17. The van der Waals surface area contributed by atoms with Crippen LogP contribution in [0.25, 0.3) is 0 Å². The lowest BCUT2D eigenvalue weighted by molar-refractivity contribution is -0.382. The average Bonchev–Trinajstić information content (AvgIpc) is 4.00. The second kappa shape index (κ2) is 15.2. The molecule has 10 fully saturated rings. The molecule has 10 rings (SSSR count). The molecule has 2 bridgehead atoms. The summed E-state index contributed by atoms with van der Waals surface area (Å²) in [5.41, 5.74) is -1.78. The van der Waals surface area contributed by atoms with Crippen molar-refractivity contribution in [2.24, 2.45) is 50.2 Å². The van der Waals surface area contributed by atoms with Crippen LogP contribution < -0.4 is 0 Å². The number of rotatable bonds is 7. The van der Waals surface area contributed by atoms with Crippen molar-refractivity contribution in [3.05, 3.63) is 0 Å². The van der Waals surface area contributed by atoms with Gasteiger partial charge in [-0.05, 0) is 98.2 Å². The Kier molecular flexibility index (Phi) is 11.1. The first-order valence-electron chi connectivity index (χ1n) is 24.1. The Balaban J connectivity index is 0.833. The van der Waals surface area contributed by atoms with Gasteiger partial charge in [-0.2, -0.15) is 0 Å². The van der Waals surface area contributed by atoms with E-state index in [4.69, 9.17) is 37.9 Å². The van der Waals surface area contributed by atoms with Crippen LogP contribution in [-0.4, -0.2) is 170 Å². The summed E-state index contributed by atoms with van der Waals surface area (Å²) in [5, 5.41) is 86.0. The van der Waals surface area contributed by atoms with Crippen LogP contribution in [0.5, 0.6) is 0 Å². The Morgan fingerprint density at radius 2 is 1.38 bits per heavy atom. The summed E-state index contributed by atoms with van der Waals surface area (Å²) < 4.78 is 49.9. The Hall–Kier alpha value is -1.13. The number of carbonyl (C=O) groups is 1. The second-order valence-electron chi connectivity index (χ2n) is 23.9. The number of fused-ring (bicyclic) bond motifs is 6. The second-order valence-corrected chi connectivity index (χ2v) is 23.9. The summed E-state index contributed by atoms with van der Waals surface area (Å²) in [6, 6.07) is 0. The third kappa shape index (κ3) is 6.18. The molecule has 0 radical (unpaired) electrons. The van der Waals surface area contributed by atoms with E-state index >= 15 is 0 Å². The SMILES string of the molecule is C[C@H]1O[C@@H](O[C@H]2[C@H](O[C@H]3CO[C@@H](O[C@H]4CC[C@]5(C)[C@H]6[C@@H]7O[C@@H]7[C@]78OC(=O)[C@@]9(CCC(C)(C)C[C@H]97)CC[C@@]8(C)[C@]6(C)CC[C@H]5C4(C)C)[C@H](O)[C@H]3O)O[C@H](CO)[C@@H](O)[C@@H]2O)[C@H](O)[C@H](O)[C@H]1O. The van der Waals surface area contributed by atoms with Crippen LogP contribution in [0.2, 0.25) is 0 Å². The molecule has 17 heteroatoms. The molecule has 5 aliphatic carbocycles. The highest BCUT2D eigenvalue weighted by Gasteiger charge is 2.89. The van der Waals surface area contributed by atoms with Crippen molar-refractivity contribution in [3.63, 3.8) is 0 Å². The van der Waals surface area contributed by atoms with Crippen LogP contribution in [0.3, 0.4) is 0 Å². The lowest BCUT2D eigenvalue weighted by Crippen LogP contribution is -2.75. The van der Waals surface area contributed by atoms with Crippen LogP contribution in [0.15, 0.2) is 0 Å². The maximum absolute atomic E-state index is 14.1. The zero-order valence-corrected chi connectivity index (χ0v) is 38.6. The minimum Gasteiger partial charge on any atom is -0.455 e. The summed E-state index contributed by atoms with van der Waals surface area (Å²) in [7, 11) is 0. The largest absolute Gasteiger partial charge is 0.455 e. The fraction of sp³-hybridized carbons (Fsp3) is 0.979. The summed E-state index contributed by atoms with van der Waals surface area (Å²) in [5.74, 6) is 0.634. The van der Waals surface area contributed by atoms with Crippen LogP contribution in [0.4, 0.5) is 0 Å². The van der Waals surface area contributed by atoms with E-state index in [2.05, 4.69) is 48.5 Å². The minimum absolute atomic E-state index is 0.0000459. The molecule has 5 saturated heterocycles. The molecule has 10 aliphatic rings. The van der Waals surface area contributed by atoms with Gasteiger partial charge in [0.25, 0.3) is 0 Å². The highest BCUT2D eigenvalue weighted by molar-refractivity contribution is 5.82. The van der Waals surface area contributed by atoms with Crippen molar-refractivity contribution in [1.29, 1.82) is 0 Å². The van der Waals surface area contributed by atoms with Gasteiger partial charge in [-0.3, -0.25) is 4.79 Å². The van der Waals surface area contributed by atoms with Gasteiger partial charge in [-0.1, -0.05) is 48.5 Å². The number of aliphatic hydroxyl groups is 8. The van der Waals surface area contributed by atoms with Gasteiger partial charge in [0, 0.05) is 11.3 Å². The van der Waals surface area contributed by atoms with Gasteiger partial charge in [0.05, 0.1) is 36.9 Å². The zero-order chi connectivity index (χ0) is 46.1. The summed E-state index contributed by atoms with van der Waals surface area (Å²) in [6.07, 6.45) is -13.2. The van der Waals surface area contributed by atoms with E-state index in [1.807, 2.05) is 0 Å². The smallest absolute Gasteiger partial charge is 0.313 e. The van der Waals surface area contributed by atoms with Crippen molar-refractivity contribution in [1.82, 2.24) is 0 Å². The van der Waals surface area contributed by atoms with Crippen LogP contribution in [0, 0.1) is 50.2 Å². The molecule has 0 aromatic rings. The summed E-state index contributed by atoms with van der Waals surface area (Å²) in [6.45, 7) is 17.0. The number of hydrogen-bond donors (Lipinski definition) is 8. The molecule has 5 heterocycles. The fourth-order valence-electron chi connectivity index (χ4n) is 16.3. The van der Waals surface area contributed by atoms with E-state index in [1.165, 1.54) is 6.92 Å². The van der Waals surface area contributed by atoms with E-state index in [9.17, 15) is 45.6 Å². The van der Waals surface area contributed by atoms with Gasteiger partial charge in [0.1, 0.15) is 67.1 Å². The standard InChI is InChI=1S/C47H74O17/c1-20-26(49)29(52)32(55)38(58-20)63-33-30(53)27(50)21(18-48)59-39(33)60-22-19-57-37(31(54)28(22)51)61-25-10-11-43(6)23(42(25,4)5)9-12-44(7)35(43)34-36(62-34)47-24-17-41(2,3)13-15-46(24,40(56)64-47)16-14-45(44,47)8/h20-39,48-55H,9-19H2,1-8H3/t20-,21-,22+,23+,24-,25+,26+,27-,28+,29-,30+,31-,32-,33-,34+,35-,36+,37+,38+,39+,43+,44-,45+,46+,47-/m1/s1. The number of carbonyl (C=O) groups excluding carboxylic acids is 1. The molecule has 8 N–H and O–H groups in total. The highest BCUT2D eigenvalue weighted by atomic mass is 16.8. The molecule has 25 atom stereocenters. The predicted molar refractivity (Wildman–Crippen MR) is 220 cm³/mol. The maximum atomic E-state index is 14.1. The zero-order valence-electron chi connectivity index (χ0n) is 38.6. The molecule has 0 aromatic carbocycles. The van der Waals surface area contributed by atoms with Gasteiger partial charge >= 0.3 is 5.97 Å². The van der Waals surface area contributed by atoms with Crippen molar-refractivity contribution < 1.29 is 83.5 Å². The van der Waals surface area contributed by atoms with Crippen molar-refractivity contribution in [2.45, 2.75) is 223 Å². The number of hydrogen-bond acceptors (Lipinski definition) is 17. The lowest BCUT2D eigenvalue weighted by Gasteiger charge is -2.72. The van der Waals surface area contributed by atoms with E-state index in [1.54, 1.807) is 0 Å². The van der Waals surface area contributed by atoms with E-state index < -0.39 is 104 Å². The topological polar surface area (TPSA) is 256 Å². The van der Waals surface area contributed by atoms with Gasteiger partial charge in [-0.25, -0.2) is 0 Å². The number of aliphatic hydroxyl groups excluding tert-OH is 8. The molecule has 0 unspecified atom stereocenters. The third-order valence-corrected chi connectivity index (χ3v) is 20.1. The monoisotopic (exact) mass is 910 g/mol. The first-order valence-corrected chi connectivity index (χ1v) is 24.1. The first-order chi connectivity index (χ1) is 29.9. The Bertz CT molecular complexity index is 1820. The normalized spacial score (nSPS) is 59.3. The molecule has 17 nitrogen and oxygen atoms in total. The van der Waals surface area contributed by atoms with Gasteiger partial charge in [0.2, 0.25) is 0 Å². The third-order valence-electron chi connectivity index (χ3n) is 20.1. The molecule has 5 aliphatic heterocycles. The van der Waals surface area contributed by atoms with Gasteiger partial charge < -0.3 is 78.7 Å². The molecule has 364 valence electrons. The molecular weight excluding hydrogens is 837 g/mol. The predicted octanol–water partition coefficient (Wildman–Crippen LogP) is 1.03. The average molecular weight is 911 g/mol. The van der Waals surface area contributed by atoms with Gasteiger partial charge in [0.15, 0.2) is 24.5 Å². The van der Waals surface area contributed by atoms with Gasteiger partial charge in [-0.15, -0.1) is 0 Å². The number of esters is 1. The number of epoxide rings is 1. The maximum Gasteiger partial charge on any atom is 0.313 e. The van der Waals surface area contributed by atoms with Crippen LogP contribution in [0.1, 0.15) is 113 Å². The molecule has 1 spiro atoms. The van der Waals surface area contributed by atoms with E-state index in [0.717, 1.165) is 51.4 Å². The summed E-state index contributed by atoms with van der Waals surface area (Å²) in [4.78, 5) is 14.1. The Morgan fingerprint density at radius 1 is 0.672 bits per heavy atom. The van der Waals surface area contributed by atoms with Crippen molar-refractivity contribution in [3.8, 4) is 0 Å². The molecule has 64 heavy (non-hydrogen) atoms. The number of ether oxygens (including phenoxy) is 8. The first kappa shape index (κ1) is 46.6. The molecule has 0 amide bonds. The molecule has 0 aromatic heterocycles. The van der Waals surface area contributed by atoms with E-state index in [-0.39, 0.29) is 75.7 Å². The Labute approximate surface area is 375 Å². The summed E-state index contributed by atoms with van der Waals surface area (Å²) >= 11 is 0. The Morgan fingerprint density at radius 3 is 2.09 bits per heavy atom. The fourth-order valence-corrected chi connectivity index (χ4v) is 16.3. The minimum atomic E-state index is -1.76. The van der Waals surface area contributed by atoms with Crippen LogP contribution >= 0.6 is 0 Å². The quantitative estimate of drug-likeness (QED) is 0.101. The lowest BCUT2D eigenvalue weighted by atomic mass is 9.31. The van der Waals surface area contributed by atoms with Crippen LogP contribution in [-0.2, 0) is 42.7 Å². The highest BCUT2D eigenvalue weighted by Crippen LogP contribution is 2.83. The van der Waals surface area contributed by atoms with Crippen molar-refractivity contribution >= 4 is 5.97 Å².